The average molecular weight is 372 g/mol. The molecule has 0 spiro atoms. The molecule has 3 heterocycles. The standard InChI is InChI=1S/C20H25N3O2S/c24-17(13-23-8-6-14-3-1-2-4-15(14)12-23)11-22-20(25)19-9-16-10-21-7-5-18(16)26-19/h1-4,9,17,21,24H,5-8,10-13H2,(H,22,25). The number of amides is 1. The molecule has 0 radical (unpaired) electrons. The number of thiophene rings is 1. The molecule has 2 aliphatic rings. The van der Waals surface area contributed by atoms with Crippen molar-refractivity contribution in [3.8, 4) is 0 Å². The lowest BCUT2D eigenvalue weighted by Crippen LogP contribution is -2.41. The van der Waals surface area contributed by atoms with Crippen molar-refractivity contribution in [2.75, 3.05) is 26.2 Å². The van der Waals surface area contributed by atoms with Crippen molar-refractivity contribution in [1.82, 2.24) is 15.5 Å². The number of carbonyl (C=O) groups excluding carboxylic acids is 1. The van der Waals surface area contributed by atoms with Gasteiger partial charge in [0.1, 0.15) is 0 Å². The summed E-state index contributed by atoms with van der Waals surface area (Å²) in [4.78, 5) is 16.7. The van der Waals surface area contributed by atoms with Crippen LogP contribution in [0, 0.1) is 0 Å². The van der Waals surface area contributed by atoms with Gasteiger partial charge in [0.25, 0.3) is 5.91 Å². The molecule has 1 amide bonds. The number of aliphatic hydroxyl groups excluding tert-OH is 1. The fraction of sp³-hybridized carbons (Fsp3) is 0.450. The number of benzene rings is 1. The molecule has 1 aromatic carbocycles. The van der Waals surface area contributed by atoms with Crippen molar-refractivity contribution in [2.45, 2.75) is 32.0 Å². The summed E-state index contributed by atoms with van der Waals surface area (Å²) >= 11 is 1.58. The summed E-state index contributed by atoms with van der Waals surface area (Å²) in [5.41, 5.74) is 3.98. The molecular formula is C20H25N3O2S. The predicted octanol–water partition coefficient (Wildman–Crippen LogP) is 1.54. The molecule has 0 fully saturated rings. The van der Waals surface area contributed by atoms with Gasteiger partial charge in [-0.05, 0) is 35.6 Å². The van der Waals surface area contributed by atoms with Gasteiger partial charge in [-0.3, -0.25) is 9.69 Å². The van der Waals surface area contributed by atoms with Gasteiger partial charge in [0, 0.05) is 44.1 Å². The molecule has 1 unspecified atom stereocenters. The van der Waals surface area contributed by atoms with Gasteiger partial charge >= 0.3 is 0 Å². The molecule has 0 aliphatic carbocycles. The summed E-state index contributed by atoms with van der Waals surface area (Å²) in [6.45, 7) is 4.51. The third-order valence-corrected chi connectivity index (χ3v) is 6.38. The van der Waals surface area contributed by atoms with Crippen LogP contribution in [0.1, 0.15) is 31.2 Å². The molecule has 2 aromatic rings. The molecule has 6 heteroatoms. The zero-order valence-corrected chi connectivity index (χ0v) is 15.6. The van der Waals surface area contributed by atoms with E-state index >= 15 is 0 Å². The maximum atomic E-state index is 12.4. The second kappa shape index (κ2) is 7.88. The lowest BCUT2D eigenvalue weighted by molar-refractivity contribution is 0.0845. The van der Waals surface area contributed by atoms with Crippen LogP contribution in [-0.4, -0.2) is 48.2 Å². The van der Waals surface area contributed by atoms with E-state index in [0.717, 1.165) is 43.9 Å². The number of aliphatic hydroxyl groups is 1. The van der Waals surface area contributed by atoms with E-state index in [-0.39, 0.29) is 12.5 Å². The van der Waals surface area contributed by atoms with E-state index < -0.39 is 6.10 Å². The molecule has 0 bridgehead atoms. The minimum Gasteiger partial charge on any atom is -0.390 e. The third kappa shape index (κ3) is 3.99. The Morgan fingerprint density at radius 3 is 2.96 bits per heavy atom. The topological polar surface area (TPSA) is 64.6 Å². The maximum absolute atomic E-state index is 12.4. The number of hydrogen-bond donors (Lipinski definition) is 3. The highest BCUT2D eigenvalue weighted by Gasteiger charge is 2.20. The second-order valence-electron chi connectivity index (χ2n) is 7.10. The summed E-state index contributed by atoms with van der Waals surface area (Å²) in [6.07, 6.45) is 1.46. The molecule has 0 saturated heterocycles. The van der Waals surface area contributed by atoms with Crippen molar-refractivity contribution in [1.29, 1.82) is 0 Å². The van der Waals surface area contributed by atoms with Gasteiger partial charge < -0.3 is 15.7 Å². The molecule has 138 valence electrons. The maximum Gasteiger partial charge on any atom is 0.261 e. The van der Waals surface area contributed by atoms with Crippen molar-refractivity contribution in [2.24, 2.45) is 0 Å². The number of β-amino-alcohol motifs (C(OH)–C–C–N with tert-alkyl or cyclic N) is 1. The molecule has 3 N–H and O–H groups in total. The quantitative estimate of drug-likeness (QED) is 0.746. The van der Waals surface area contributed by atoms with E-state index in [1.807, 2.05) is 6.07 Å². The smallest absolute Gasteiger partial charge is 0.261 e. The Morgan fingerprint density at radius 2 is 2.12 bits per heavy atom. The highest BCUT2D eigenvalue weighted by molar-refractivity contribution is 7.14. The van der Waals surface area contributed by atoms with Gasteiger partial charge in [0.15, 0.2) is 0 Å². The molecule has 4 rings (SSSR count). The normalized spacial score (nSPS) is 18.0. The average Bonchev–Trinajstić information content (AvgIpc) is 3.10. The van der Waals surface area contributed by atoms with E-state index in [0.29, 0.717) is 6.54 Å². The molecule has 26 heavy (non-hydrogen) atoms. The Hall–Kier alpha value is -1.73. The fourth-order valence-electron chi connectivity index (χ4n) is 3.73. The molecule has 0 saturated carbocycles. The van der Waals surface area contributed by atoms with Gasteiger partial charge in [-0.25, -0.2) is 0 Å². The summed E-state index contributed by atoms with van der Waals surface area (Å²) in [5.74, 6) is -0.0764. The van der Waals surface area contributed by atoms with E-state index in [9.17, 15) is 9.90 Å². The summed E-state index contributed by atoms with van der Waals surface area (Å²) in [5, 5.41) is 16.6. The zero-order chi connectivity index (χ0) is 17.9. The second-order valence-corrected chi connectivity index (χ2v) is 8.24. The van der Waals surface area contributed by atoms with E-state index in [1.54, 1.807) is 11.3 Å². The fourth-order valence-corrected chi connectivity index (χ4v) is 4.83. The number of nitrogens with one attached hydrogen (secondary N) is 2. The first-order valence-electron chi connectivity index (χ1n) is 9.27. The highest BCUT2D eigenvalue weighted by atomic mass is 32.1. The minimum absolute atomic E-state index is 0.0764. The van der Waals surface area contributed by atoms with Crippen molar-refractivity contribution in [3.63, 3.8) is 0 Å². The van der Waals surface area contributed by atoms with Crippen LogP contribution < -0.4 is 10.6 Å². The monoisotopic (exact) mass is 371 g/mol. The van der Waals surface area contributed by atoms with E-state index in [4.69, 9.17) is 0 Å². The van der Waals surface area contributed by atoms with Crippen LogP contribution in [0.2, 0.25) is 0 Å². The lowest BCUT2D eigenvalue weighted by atomic mass is 10.00. The van der Waals surface area contributed by atoms with Gasteiger partial charge in [-0.15, -0.1) is 11.3 Å². The van der Waals surface area contributed by atoms with E-state index in [2.05, 4.69) is 39.8 Å². The number of nitrogens with zero attached hydrogens (tertiary/aromatic N) is 1. The Bertz CT molecular complexity index is 766. The van der Waals surface area contributed by atoms with Crippen LogP contribution in [0.15, 0.2) is 30.3 Å². The molecule has 1 aromatic heterocycles. The number of rotatable bonds is 5. The number of hydrogen-bond acceptors (Lipinski definition) is 5. The van der Waals surface area contributed by atoms with Crippen LogP contribution in [0.3, 0.4) is 0 Å². The van der Waals surface area contributed by atoms with Crippen LogP contribution in [0.4, 0.5) is 0 Å². The molecule has 2 aliphatic heterocycles. The Morgan fingerprint density at radius 1 is 1.27 bits per heavy atom. The van der Waals surface area contributed by atoms with Gasteiger partial charge in [-0.2, -0.15) is 0 Å². The predicted molar refractivity (Wildman–Crippen MR) is 103 cm³/mol. The zero-order valence-electron chi connectivity index (χ0n) is 14.8. The van der Waals surface area contributed by atoms with Crippen LogP contribution in [0.5, 0.6) is 0 Å². The van der Waals surface area contributed by atoms with Gasteiger partial charge in [-0.1, -0.05) is 24.3 Å². The number of carbonyl (C=O) groups is 1. The highest BCUT2D eigenvalue weighted by Crippen LogP contribution is 2.25. The molecule has 5 nitrogen and oxygen atoms in total. The minimum atomic E-state index is -0.555. The van der Waals surface area contributed by atoms with Crippen LogP contribution >= 0.6 is 11.3 Å². The summed E-state index contributed by atoms with van der Waals surface area (Å²) in [6, 6.07) is 10.5. The first-order chi connectivity index (χ1) is 12.7. The van der Waals surface area contributed by atoms with E-state index in [1.165, 1.54) is 21.6 Å². The molecular weight excluding hydrogens is 346 g/mol. The Balaban J connectivity index is 1.27. The summed E-state index contributed by atoms with van der Waals surface area (Å²) < 4.78 is 0. The SMILES string of the molecule is O=C(NCC(O)CN1CCc2ccccc2C1)c1cc2c(s1)CCNC2. The first kappa shape index (κ1) is 17.7. The van der Waals surface area contributed by atoms with Crippen molar-refractivity contribution in [3.05, 3.63) is 56.8 Å². The Labute approximate surface area is 158 Å². The summed E-state index contributed by atoms with van der Waals surface area (Å²) in [7, 11) is 0. The Kier molecular flexibility index (Phi) is 5.36. The lowest BCUT2D eigenvalue weighted by Gasteiger charge is -2.30. The first-order valence-corrected chi connectivity index (χ1v) is 10.1. The number of fused-ring (bicyclic) bond motifs is 2. The van der Waals surface area contributed by atoms with Crippen LogP contribution in [0.25, 0.3) is 0 Å². The van der Waals surface area contributed by atoms with Crippen molar-refractivity contribution >= 4 is 17.2 Å². The van der Waals surface area contributed by atoms with Crippen LogP contribution in [-0.2, 0) is 25.9 Å². The van der Waals surface area contributed by atoms with Crippen molar-refractivity contribution < 1.29 is 9.90 Å². The molecule has 1 atom stereocenters. The third-order valence-electron chi connectivity index (χ3n) is 5.14. The largest absolute Gasteiger partial charge is 0.390 e. The van der Waals surface area contributed by atoms with Gasteiger partial charge in [0.05, 0.1) is 11.0 Å². The van der Waals surface area contributed by atoms with Gasteiger partial charge in [0.2, 0.25) is 0 Å².